The maximum Gasteiger partial charge on any atom is 0.322 e. The highest BCUT2D eigenvalue weighted by atomic mass is 35.5. The lowest BCUT2D eigenvalue weighted by atomic mass is 10.0. The number of halogens is 1. The average molecular weight is 345 g/mol. The van der Waals surface area contributed by atoms with Crippen LogP contribution in [0.25, 0.3) is 0 Å². The molecular weight excluding hydrogens is 324 g/mol. The molecule has 22 heavy (non-hydrogen) atoms. The minimum absolute atomic E-state index is 0. The fraction of sp³-hybridized carbons (Fsp3) is 0.467. The zero-order chi connectivity index (χ0) is 15.2. The van der Waals surface area contributed by atoms with E-state index in [2.05, 4.69) is 41.4 Å². The number of benzene rings is 1. The van der Waals surface area contributed by atoms with Crippen molar-refractivity contribution in [3.05, 3.63) is 35.4 Å². The van der Waals surface area contributed by atoms with Gasteiger partial charge in [0.15, 0.2) is 0 Å². The van der Waals surface area contributed by atoms with Crippen LogP contribution in [0.4, 0.5) is 0 Å². The van der Waals surface area contributed by atoms with Crippen molar-refractivity contribution in [2.45, 2.75) is 13.0 Å². The average Bonchev–Trinajstić information content (AvgIpc) is 2.47. The molecule has 122 valence electrons. The van der Waals surface area contributed by atoms with Crippen molar-refractivity contribution >= 4 is 36.0 Å². The summed E-state index contributed by atoms with van der Waals surface area (Å²) in [6, 6.07) is 8.58. The Labute approximate surface area is 140 Å². The van der Waals surface area contributed by atoms with Crippen molar-refractivity contribution in [2.75, 3.05) is 31.1 Å². The second kappa shape index (κ2) is 9.02. The number of carboxylic acid groups (broad SMARTS) is 1. The second-order valence-electron chi connectivity index (χ2n) is 5.14. The van der Waals surface area contributed by atoms with Crippen LogP contribution in [0.5, 0.6) is 0 Å². The third-order valence-corrected chi connectivity index (χ3v) is 4.51. The van der Waals surface area contributed by atoms with Gasteiger partial charge in [0.05, 0.1) is 6.54 Å². The molecule has 0 aliphatic carbocycles. The molecule has 1 amide bonds. The maximum atomic E-state index is 11.8. The highest BCUT2D eigenvalue weighted by Crippen LogP contribution is 2.29. The summed E-state index contributed by atoms with van der Waals surface area (Å²) >= 11 is 1.88. The van der Waals surface area contributed by atoms with Crippen LogP contribution < -0.4 is 5.32 Å². The number of nitrogens with zero attached hydrogens (tertiary/aromatic N) is 1. The Bertz CT molecular complexity index is 510. The van der Waals surface area contributed by atoms with Gasteiger partial charge in [-0.05, 0) is 12.5 Å². The van der Waals surface area contributed by atoms with E-state index in [0.717, 1.165) is 18.1 Å². The molecule has 2 N–H and O–H groups in total. The Morgan fingerprint density at radius 1 is 1.36 bits per heavy atom. The summed E-state index contributed by atoms with van der Waals surface area (Å²) in [6.45, 7) is 2.81. The molecule has 2 rings (SSSR count). The standard InChI is InChI=1S/C15H20N2O3S.ClH/c1-11-2-4-12(5-3-11)13-10-21-7-6-17(13)9-14(18)16-8-15(19)20;/h2-5,13H,6-10H2,1H3,(H,16,18)(H,19,20);1H. The van der Waals surface area contributed by atoms with Crippen LogP contribution in [-0.4, -0.2) is 53.0 Å². The molecule has 1 aromatic rings. The van der Waals surface area contributed by atoms with Gasteiger partial charge in [-0.2, -0.15) is 11.8 Å². The van der Waals surface area contributed by atoms with Gasteiger partial charge >= 0.3 is 5.97 Å². The van der Waals surface area contributed by atoms with Gasteiger partial charge in [0.25, 0.3) is 0 Å². The zero-order valence-corrected chi connectivity index (χ0v) is 14.1. The summed E-state index contributed by atoms with van der Waals surface area (Å²) < 4.78 is 0. The molecule has 1 aromatic carbocycles. The Balaban J connectivity index is 0.00000242. The van der Waals surface area contributed by atoms with Crippen LogP contribution >= 0.6 is 24.2 Å². The van der Waals surface area contributed by atoms with Crippen LogP contribution in [0, 0.1) is 6.92 Å². The topological polar surface area (TPSA) is 69.6 Å². The largest absolute Gasteiger partial charge is 0.480 e. The minimum atomic E-state index is -1.02. The van der Waals surface area contributed by atoms with Crippen molar-refractivity contribution in [2.24, 2.45) is 0 Å². The monoisotopic (exact) mass is 344 g/mol. The first-order valence-electron chi connectivity index (χ1n) is 6.93. The molecule has 1 fully saturated rings. The van der Waals surface area contributed by atoms with E-state index in [1.54, 1.807) is 0 Å². The van der Waals surface area contributed by atoms with E-state index in [0.29, 0.717) is 0 Å². The Hall–Kier alpha value is -1.24. The fourth-order valence-electron chi connectivity index (χ4n) is 2.34. The summed E-state index contributed by atoms with van der Waals surface area (Å²) in [6.07, 6.45) is 0. The molecule has 0 bridgehead atoms. The van der Waals surface area contributed by atoms with Gasteiger partial charge < -0.3 is 10.4 Å². The van der Waals surface area contributed by atoms with E-state index in [4.69, 9.17) is 5.11 Å². The Morgan fingerprint density at radius 2 is 2.05 bits per heavy atom. The fourth-order valence-corrected chi connectivity index (χ4v) is 3.49. The van der Waals surface area contributed by atoms with Crippen LogP contribution in [0.2, 0.25) is 0 Å². The van der Waals surface area contributed by atoms with E-state index in [-0.39, 0.29) is 37.4 Å². The first kappa shape index (κ1) is 18.8. The Morgan fingerprint density at radius 3 is 2.68 bits per heavy atom. The molecule has 1 aliphatic heterocycles. The number of carbonyl (C=O) groups excluding carboxylic acids is 1. The van der Waals surface area contributed by atoms with Crippen LogP contribution in [0.15, 0.2) is 24.3 Å². The summed E-state index contributed by atoms with van der Waals surface area (Å²) in [4.78, 5) is 24.4. The number of amides is 1. The minimum Gasteiger partial charge on any atom is -0.480 e. The van der Waals surface area contributed by atoms with Gasteiger partial charge in [-0.25, -0.2) is 0 Å². The van der Waals surface area contributed by atoms with Gasteiger partial charge in [0.2, 0.25) is 5.91 Å². The molecule has 5 nitrogen and oxygen atoms in total. The van der Waals surface area contributed by atoms with E-state index in [9.17, 15) is 9.59 Å². The molecule has 1 atom stereocenters. The smallest absolute Gasteiger partial charge is 0.322 e. The number of carboxylic acids is 1. The number of aryl methyl sites for hydroxylation is 1. The number of thioether (sulfide) groups is 1. The molecule has 7 heteroatoms. The quantitative estimate of drug-likeness (QED) is 0.851. The number of hydrogen-bond donors (Lipinski definition) is 2. The van der Waals surface area contributed by atoms with Gasteiger partial charge in [-0.3, -0.25) is 14.5 Å². The van der Waals surface area contributed by atoms with Crippen molar-refractivity contribution in [1.82, 2.24) is 10.2 Å². The first-order valence-corrected chi connectivity index (χ1v) is 8.08. The molecule has 1 heterocycles. The van der Waals surface area contributed by atoms with E-state index in [1.165, 1.54) is 11.1 Å². The second-order valence-corrected chi connectivity index (χ2v) is 6.29. The summed E-state index contributed by atoms with van der Waals surface area (Å²) in [5.74, 6) is 0.693. The predicted molar refractivity (Wildman–Crippen MR) is 90.7 cm³/mol. The maximum absolute atomic E-state index is 11.8. The Kier molecular flexibility index (Phi) is 7.72. The summed E-state index contributed by atoms with van der Waals surface area (Å²) in [7, 11) is 0. The molecule has 0 radical (unpaired) electrons. The van der Waals surface area contributed by atoms with E-state index in [1.807, 2.05) is 11.8 Å². The zero-order valence-electron chi connectivity index (χ0n) is 12.4. The van der Waals surface area contributed by atoms with Gasteiger partial charge in [-0.15, -0.1) is 12.4 Å². The number of carbonyl (C=O) groups is 2. The van der Waals surface area contributed by atoms with Crippen molar-refractivity contribution in [1.29, 1.82) is 0 Å². The highest BCUT2D eigenvalue weighted by molar-refractivity contribution is 7.99. The molecule has 1 saturated heterocycles. The van der Waals surface area contributed by atoms with E-state index < -0.39 is 5.97 Å². The van der Waals surface area contributed by atoms with E-state index >= 15 is 0 Å². The predicted octanol–water partition coefficient (Wildman–Crippen LogP) is 1.71. The molecular formula is C15H21ClN2O3S. The SMILES string of the molecule is Cc1ccc(C2CSCCN2CC(=O)NCC(=O)O)cc1.Cl. The normalized spacial score (nSPS) is 18.3. The first-order chi connectivity index (χ1) is 10.1. The molecule has 1 aliphatic rings. The van der Waals surface area contributed by atoms with Crippen molar-refractivity contribution in [3.8, 4) is 0 Å². The number of rotatable bonds is 5. The van der Waals surface area contributed by atoms with Gasteiger partial charge in [0.1, 0.15) is 6.54 Å². The van der Waals surface area contributed by atoms with Crippen LogP contribution in [-0.2, 0) is 9.59 Å². The van der Waals surface area contributed by atoms with Crippen LogP contribution in [0.1, 0.15) is 17.2 Å². The number of nitrogens with one attached hydrogen (secondary N) is 1. The molecule has 0 aromatic heterocycles. The molecule has 1 unspecified atom stereocenters. The third-order valence-electron chi connectivity index (χ3n) is 3.48. The van der Waals surface area contributed by atoms with Crippen molar-refractivity contribution in [3.63, 3.8) is 0 Å². The van der Waals surface area contributed by atoms with Gasteiger partial charge in [0, 0.05) is 24.1 Å². The van der Waals surface area contributed by atoms with Crippen molar-refractivity contribution < 1.29 is 14.7 Å². The molecule has 0 saturated carbocycles. The summed E-state index contributed by atoms with van der Waals surface area (Å²) in [5, 5.41) is 11.0. The lowest BCUT2D eigenvalue weighted by molar-refractivity contribution is -0.138. The lowest BCUT2D eigenvalue weighted by Crippen LogP contribution is -2.44. The number of aliphatic carboxylic acids is 1. The lowest BCUT2D eigenvalue weighted by Gasteiger charge is -2.35. The van der Waals surface area contributed by atoms with Gasteiger partial charge in [-0.1, -0.05) is 29.8 Å². The number of hydrogen-bond acceptors (Lipinski definition) is 4. The summed E-state index contributed by atoms with van der Waals surface area (Å²) in [5.41, 5.74) is 2.42. The third kappa shape index (κ3) is 5.51. The van der Waals surface area contributed by atoms with Crippen LogP contribution in [0.3, 0.4) is 0 Å². The highest BCUT2D eigenvalue weighted by Gasteiger charge is 2.25. The molecule has 0 spiro atoms.